The summed E-state index contributed by atoms with van der Waals surface area (Å²) >= 11 is 3.45. The van der Waals surface area contributed by atoms with Crippen LogP contribution in [0.4, 0.5) is 0 Å². The van der Waals surface area contributed by atoms with Crippen LogP contribution in [0.2, 0.25) is 0 Å². The predicted molar refractivity (Wildman–Crippen MR) is 70.9 cm³/mol. The van der Waals surface area contributed by atoms with Gasteiger partial charge < -0.3 is 9.40 Å². The van der Waals surface area contributed by atoms with Crippen LogP contribution in [0.25, 0.3) is 22.4 Å². The summed E-state index contributed by atoms with van der Waals surface area (Å²) < 4.78 is 6.46. The number of nitrogens with zero attached hydrogens (tertiary/aromatic N) is 1. The molecular weight excluding hydrogens is 280 g/mol. The van der Waals surface area contributed by atoms with Crippen LogP contribution < -0.4 is 0 Å². The number of hydrogen-bond donors (Lipinski definition) is 1. The quantitative estimate of drug-likeness (QED) is 0.770. The van der Waals surface area contributed by atoms with Crippen molar-refractivity contribution in [3.05, 3.63) is 40.8 Å². The van der Waals surface area contributed by atoms with Crippen LogP contribution in [0, 0.1) is 0 Å². The molecule has 3 nitrogen and oxygen atoms in total. The first-order chi connectivity index (χ1) is 8.28. The summed E-state index contributed by atoms with van der Waals surface area (Å²) in [5.74, 6) is 1.83. The van der Waals surface area contributed by atoms with Gasteiger partial charge in [-0.3, -0.25) is 0 Å². The van der Waals surface area contributed by atoms with Crippen molar-refractivity contribution in [3.63, 3.8) is 0 Å². The zero-order valence-electron chi connectivity index (χ0n) is 9.33. The van der Waals surface area contributed by atoms with Gasteiger partial charge in [0.1, 0.15) is 11.6 Å². The van der Waals surface area contributed by atoms with Crippen molar-refractivity contribution in [1.82, 2.24) is 9.97 Å². The SMILES string of the molecule is CCc1occc1-c1nc2ccc(Br)cc2[nH]1. The summed E-state index contributed by atoms with van der Waals surface area (Å²) in [5.41, 5.74) is 3.03. The van der Waals surface area contributed by atoms with Gasteiger partial charge in [0.25, 0.3) is 0 Å². The van der Waals surface area contributed by atoms with Gasteiger partial charge in [-0.1, -0.05) is 22.9 Å². The number of H-pyrrole nitrogens is 1. The van der Waals surface area contributed by atoms with Crippen LogP contribution >= 0.6 is 15.9 Å². The van der Waals surface area contributed by atoms with Gasteiger partial charge >= 0.3 is 0 Å². The van der Waals surface area contributed by atoms with Gasteiger partial charge in [0.2, 0.25) is 0 Å². The third kappa shape index (κ3) is 1.78. The Balaban J connectivity index is 2.18. The average Bonchev–Trinajstić information content (AvgIpc) is 2.93. The number of halogens is 1. The lowest BCUT2D eigenvalue weighted by atomic mass is 10.2. The van der Waals surface area contributed by atoms with E-state index >= 15 is 0 Å². The highest BCUT2D eigenvalue weighted by atomic mass is 79.9. The van der Waals surface area contributed by atoms with Gasteiger partial charge in [-0.25, -0.2) is 4.98 Å². The fourth-order valence-electron chi connectivity index (χ4n) is 1.93. The summed E-state index contributed by atoms with van der Waals surface area (Å²) in [6.07, 6.45) is 2.57. The Kier molecular flexibility index (Phi) is 2.52. The van der Waals surface area contributed by atoms with E-state index < -0.39 is 0 Å². The standard InChI is InChI=1S/C13H11BrN2O/c1-2-12-9(5-6-17-12)13-15-10-4-3-8(14)7-11(10)16-13/h3-7H,2H2,1H3,(H,15,16). The number of hydrogen-bond acceptors (Lipinski definition) is 2. The highest BCUT2D eigenvalue weighted by Crippen LogP contribution is 2.26. The third-order valence-corrected chi connectivity index (χ3v) is 3.26. The minimum Gasteiger partial charge on any atom is -0.469 e. The maximum atomic E-state index is 5.42. The summed E-state index contributed by atoms with van der Waals surface area (Å²) in [4.78, 5) is 7.88. The summed E-state index contributed by atoms with van der Waals surface area (Å²) in [7, 11) is 0. The first-order valence-electron chi connectivity index (χ1n) is 5.50. The Hall–Kier alpha value is -1.55. The van der Waals surface area contributed by atoms with Crippen LogP contribution in [0.15, 0.2) is 39.4 Å². The van der Waals surface area contributed by atoms with Gasteiger partial charge in [-0.05, 0) is 24.3 Å². The minimum absolute atomic E-state index is 0.864. The Morgan fingerprint density at radius 3 is 3.06 bits per heavy atom. The fraction of sp³-hybridized carbons (Fsp3) is 0.154. The van der Waals surface area contributed by atoms with Crippen molar-refractivity contribution in [2.75, 3.05) is 0 Å². The number of benzene rings is 1. The first kappa shape index (κ1) is 10.6. The molecular formula is C13H11BrN2O. The molecule has 0 atom stereocenters. The summed E-state index contributed by atoms with van der Waals surface area (Å²) in [6, 6.07) is 7.96. The summed E-state index contributed by atoms with van der Waals surface area (Å²) in [6.45, 7) is 2.07. The van der Waals surface area contributed by atoms with Crippen molar-refractivity contribution >= 4 is 27.0 Å². The number of furan rings is 1. The number of aryl methyl sites for hydroxylation is 1. The monoisotopic (exact) mass is 290 g/mol. The summed E-state index contributed by atoms with van der Waals surface area (Å²) in [5, 5.41) is 0. The van der Waals surface area contributed by atoms with Crippen molar-refractivity contribution in [2.24, 2.45) is 0 Å². The lowest BCUT2D eigenvalue weighted by Crippen LogP contribution is -1.83. The van der Waals surface area contributed by atoms with E-state index in [-0.39, 0.29) is 0 Å². The molecule has 4 heteroatoms. The normalized spacial score (nSPS) is 11.2. The molecule has 2 aromatic heterocycles. The van der Waals surface area contributed by atoms with Crippen molar-refractivity contribution < 1.29 is 4.42 Å². The Bertz CT molecular complexity index is 669. The topological polar surface area (TPSA) is 41.8 Å². The number of aromatic nitrogens is 2. The molecule has 0 spiro atoms. The van der Waals surface area contributed by atoms with Gasteiger partial charge in [-0.2, -0.15) is 0 Å². The van der Waals surface area contributed by atoms with Crippen molar-refractivity contribution in [2.45, 2.75) is 13.3 Å². The largest absolute Gasteiger partial charge is 0.469 e. The van der Waals surface area contributed by atoms with Crippen molar-refractivity contribution in [3.8, 4) is 11.4 Å². The van der Waals surface area contributed by atoms with E-state index in [9.17, 15) is 0 Å². The number of aromatic amines is 1. The fourth-order valence-corrected chi connectivity index (χ4v) is 2.30. The lowest BCUT2D eigenvalue weighted by Gasteiger charge is -1.94. The molecule has 1 N–H and O–H groups in total. The second-order valence-corrected chi connectivity index (χ2v) is 4.77. The van der Waals surface area contributed by atoms with E-state index in [0.717, 1.165) is 39.1 Å². The predicted octanol–water partition coefficient (Wildman–Crippen LogP) is 4.15. The van der Waals surface area contributed by atoms with E-state index in [1.165, 1.54) is 0 Å². The number of nitrogens with one attached hydrogen (secondary N) is 1. The van der Waals surface area contributed by atoms with Crippen LogP contribution in [0.1, 0.15) is 12.7 Å². The molecule has 86 valence electrons. The van der Waals surface area contributed by atoms with Crippen LogP contribution in [0.5, 0.6) is 0 Å². The Labute approximate surface area is 107 Å². The molecule has 0 unspecified atom stereocenters. The highest BCUT2D eigenvalue weighted by molar-refractivity contribution is 9.10. The molecule has 3 rings (SSSR count). The molecule has 3 aromatic rings. The Morgan fingerprint density at radius 1 is 1.35 bits per heavy atom. The minimum atomic E-state index is 0.864. The molecule has 0 radical (unpaired) electrons. The molecule has 17 heavy (non-hydrogen) atoms. The molecule has 0 bridgehead atoms. The first-order valence-corrected chi connectivity index (χ1v) is 6.29. The molecule has 0 saturated carbocycles. The van der Waals surface area contributed by atoms with Gasteiger partial charge in [-0.15, -0.1) is 0 Å². The second-order valence-electron chi connectivity index (χ2n) is 3.86. The molecule has 0 fully saturated rings. The molecule has 0 amide bonds. The molecule has 0 aliphatic rings. The highest BCUT2D eigenvalue weighted by Gasteiger charge is 2.11. The molecule has 1 aromatic carbocycles. The van der Waals surface area contributed by atoms with Gasteiger partial charge in [0.15, 0.2) is 0 Å². The van der Waals surface area contributed by atoms with Crippen LogP contribution in [0.3, 0.4) is 0 Å². The van der Waals surface area contributed by atoms with Crippen LogP contribution in [-0.2, 0) is 6.42 Å². The smallest absolute Gasteiger partial charge is 0.142 e. The zero-order chi connectivity index (χ0) is 11.8. The third-order valence-electron chi connectivity index (χ3n) is 2.77. The van der Waals surface area contributed by atoms with Gasteiger partial charge in [0, 0.05) is 10.9 Å². The van der Waals surface area contributed by atoms with E-state index in [1.807, 2.05) is 24.3 Å². The van der Waals surface area contributed by atoms with E-state index in [4.69, 9.17) is 4.42 Å². The van der Waals surface area contributed by atoms with E-state index in [2.05, 4.69) is 32.8 Å². The molecule has 2 heterocycles. The number of imidazole rings is 1. The van der Waals surface area contributed by atoms with Crippen LogP contribution in [-0.4, -0.2) is 9.97 Å². The maximum absolute atomic E-state index is 5.42. The van der Waals surface area contributed by atoms with Crippen molar-refractivity contribution in [1.29, 1.82) is 0 Å². The average molecular weight is 291 g/mol. The van der Waals surface area contributed by atoms with Gasteiger partial charge in [0.05, 0.1) is 22.9 Å². The number of fused-ring (bicyclic) bond motifs is 1. The second kappa shape index (κ2) is 4.04. The molecule has 0 saturated heterocycles. The number of rotatable bonds is 2. The Morgan fingerprint density at radius 2 is 2.24 bits per heavy atom. The zero-order valence-corrected chi connectivity index (χ0v) is 10.9. The molecule has 0 aliphatic carbocycles. The van der Waals surface area contributed by atoms with E-state index in [1.54, 1.807) is 6.26 Å². The van der Waals surface area contributed by atoms with E-state index in [0.29, 0.717) is 0 Å². The molecule has 0 aliphatic heterocycles. The lowest BCUT2D eigenvalue weighted by molar-refractivity contribution is 0.517. The maximum Gasteiger partial charge on any atom is 0.142 e.